The smallest absolute Gasteiger partial charge is 0.260 e. The van der Waals surface area contributed by atoms with Gasteiger partial charge < -0.3 is 10.3 Å². The van der Waals surface area contributed by atoms with E-state index in [0.29, 0.717) is 11.5 Å². The molecule has 2 aromatic heterocycles. The van der Waals surface area contributed by atoms with Crippen LogP contribution in [0.3, 0.4) is 0 Å². The number of pyridine rings is 1. The molecule has 1 unspecified atom stereocenters. The highest BCUT2D eigenvalue weighted by molar-refractivity contribution is 5.93. The van der Waals surface area contributed by atoms with Crippen LogP contribution in [0.1, 0.15) is 34.8 Å². The van der Waals surface area contributed by atoms with E-state index in [4.69, 9.17) is 0 Å². The SMILES string of the molecule is Cc1ccc(C(=O)NC(C)c2nn[nH]n2)c(=O)[nH]1. The minimum atomic E-state index is -0.478. The Morgan fingerprint density at radius 1 is 1.44 bits per heavy atom. The predicted octanol–water partition coefficient (Wildman–Crippen LogP) is -0.313. The number of nitrogens with one attached hydrogen (secondary N) is 3. The zero-order chi connectivity index (χ0) is 13.1. The summed E-state index contributed by atoms with van der Waals surface area (Å²) >= 11 is 0. The Kier molecular flexibility index (Phi) is 3.18. The van der Waals surface area contributed by atoms with E-state index >= 15 is 0 Å². The summed E-state index contributed by atoms with van der Waals surface area (Å²) in [6.07, 6.45) is 0. The van der Waals surface area contributed by atoms with E-state index in [1.807, 2.05) is 0 Å². The molecule has 94 valence electrons. The summed E-state index contributed by atoms with van der Waals surface area (Å²) in [5.74, 6) is -0.125. The molecule has 2 rings (SSSR count). The Hall–Kier alpha value is -2.51. The molecule has 3 N–H and O–H groups in total. The number of carbonyl (C=O) groups is 1. The number of H-pyrrole nitrogens is 2. The number of carbonyl (C=O) groups excluding carboxylic acids is 1. The molecular weight excluding hydrogens is 236 g/mol. The zero-order valence-corrected chi connectivity index (χ0v) is 9.89. The number of aromatic amines is 2. The van der Waals surface area contributed by atoms with Gasteiger partial charge in [0.25, 0.3) is 11.5 Å². The Balaban J connectivity index is 2.15. The van der Waals surface area contributed by atoms with Crippen LogP contribution in [0.5, 0.6) is 0 Å². The second kappa shape index (κ2) is 4.78. The fourth-order valence-electron chi connectivity index (χ4n) is 1.44. The first kappa shape index (κ1) is 12.0. The topological polar surface area (TPSA) is 116 Å². The van der Waals surface area contributed by atoms with Gasteiger partial charge in [0.2, 0.25) is 0 Å². The van der Waals surface area contributed by atoms with Gasteiger partial charge in [-0.2, -0.15) is 5.21 Å². The van der Waals surface area contributed by atoms with Gasteiger partial charge in [0.1, 0.15) is 5.56 Å². The maximum atomic E-state index is 11.9. The molecule has 0 aliphatic rings. The van der Waals surface area contributed by atoms with Crippen LogP contribution in [0.25, 0.3) is 0 Å². The number of hydrogen-bond acceptors (Lipinski definition) is 5. The molecule has 0 aliphatic heterocycles. The Bertz CT molecular complexity index is 603. The molecule has 8 nitrogen and oxygen atoms in total. The van der Waals surface area contributed by atoms with Crippen LogP contribution >= 0.6 is 0 Å². The average Bonchev–Trinajstić information content (AvgIpc) is 2.81. The molecule has 0 bridgehead atoms. The summed E-state index contributed by atoms with van der Waals surface area (Å²) in [7, 11) is 0. The number of rotatable bonds is 3. The number of hydrogen-bond donors (Lipinski definition) is 3. The lowest BCUT2D eigenvalue weighted by molar-refractivity contribution is 0.0936. The van der Waals surface area contributed by atoms with Crippen molar-refractivity contribution in [3.05, 3.63) is 39.6 Å². The molecular formula is C10H12N6O2. The molecule has 0 spiro atoms. The number of aromatic nitrogens is 5. The second-order valence-electron chi connectivity index (χ2n) is 3.85. The van der Waals surface area contributed by atoms with Crippen molar-refractivity contribution in [3.8, 4) is 0 Å². The van der Waals surface area contributed by atoms with Gasteiger partial charge in [0.15, 0.2) is 5.82 Å². The minimum absolute atomic E-state index is 0.0518. The van der Waals surface area contributed by atoms with E-state index in [1.165, 1.54) is 6.07 Å². The molecule has 1 atom stereocenters. The van der Waals surface area contributed by atoms with Crippen LogP contribution in [-0.2, 0) is 0 Å². The van der Waals surface area contributed by atoms with Crippen LogP contribution in [0.2, 0.25) is 0 Å². The maximum absolute atomic E-state index is 11.9. The van der Waals surface area contributed by atoms with Gasteiger partial charge in [0.05, 0.1) is 6.04 Å². The third-order valence-corrected chi connectivity index (χ3v) is 2.40. The summed E-state index contributed by atoms with van der Waals surface area (Å²) in [4.78, 5) is 26.0. The highest BCUT2D eigenvalue weighted by Gasteiger charge is 2.16. The third kappa shape index (κ3) is 2.42. The second-order valence-corrected chi connectivity index (χ2v) is 3.85. The molecule has 18 heavy (non-hydrogen) atoms. The number of tetrazole rings is 1. The molecule has 0 fully saturated rings. The summed E-state index contributed by atoms with van der Waals surface area (Å²) in [5, 5.41) is 15.8. The Morgan fingerprint density at radius 2 is 2.22 bits per heavy atom. The number of aryl methyl sites for hydroxylation is 1. The first-order chi connectivity index (χ1) is 8.58. The number of nitrogens with zero attached hydrogens (tertiary/aromatic N) is 3. The fraction of sp³-hybridized carbons (Fsp3) is 0.300. The largest absolute Gasteiger partial charge is 0.342 e. The Morgan fingerprint density at radius 3 is 2.83 bits per heavy atom. The molecule has 8 heteroatoms. The lowest BCUT2D eigenvalue weighted by Crippen LogP contribution is -2.32. The van der Waals surface area contributed by atoms with E-state index in [-0.39, 0.29) is 5.56 Å². The molecule has 1 amide bonds. The average molecular weight is 248 g/mol. The molecule has 0 aliphatic carbocycles. The summed E-state index contributed by atoms with van der Waals surface area (Å²) in [6.45, 7) is 3.44. The van der Waals surface area contributed by atoms with Gasteiger partial charge in [0, 0.05) is 5.69 Å². The summed E-state index contributed by atoms with van der Waals surface area (Å²) in [6, 6.07) is 2.71. The van der Waals surface area contributed by atoms with Crippen molar-refractivity contribution in [2.45, 2.75) is 19.9 Å². The number of amides is 1. The molecule has 0 saturated carbocycles. The highest BCUT2D eigenvalue weighted by Crippen LogP contribution is 2.04. The molecule has 0 saturated heterocycles. The van der Waals surface area contributed by atoms with E-state index in [2.05, 4.69) is 30.9 Å². The van der Waals surface area contributed by atoms with Crippen molar-refractivity contribution in [3.63, 3.8) is 0 Å². The molecule has 0 radical (unpaired) electrons. The highest BCUT2D eigenvalue weighted by atomic mass is 16.2. The van der Waals surface area contributed by atoms with Crippen LogP contribution in [0.15, 0.2) is 16.9 Å². The summed E-state index contributed by atoms with van der Waals surface area (Å²) in [5.41, 5.74) is 0.325. The first-order valence-electron chi connectivity index (χ1n) is 5.32. The van der Waals surface area contributed by atoms with Crippen LogP contribution in [0.4, 0.5) is 0 Å². The first-order valence-corrected chi connectivity index (χ1v) is 5.32. The quantitative estimate of drug-likeness (QED) is 0.688. The predicted molar refractivity (Wildman–Crippen MR) is 61.9 cm³/mol. The van der Waals surface area contributed by atoms with Crippen molar-refractivity contribution in [2.75, 3.05) is 0 Å². The van der Waals surface area contributed by atoms with Gasteiger partial charge in [-0.3, -0.25) is 9.59 Å². The van der Waals surface area contributed by atoms with Crippen molar-refractivity contribution in [2.24, 2.45) is 0 Å². The van der Waals surface area contributed by atoms with E-state index in [0.717, 1.165) is 0 Å². The lowest BCUT2D eigenvalue weighted by atomic mass is 10.2. The minimum Gasteiger partial charge on any atom is -0.342 e. The molecule has 2 aromatic rings. The van der Waals surface area contributed by atoms with Crippen LogP contribution in [0, 0.1) is 6.92 Å². The normalized spacial score (nSPS) is 12.1. The zero-order valence-electron chi connectivity index (χ0n) is 9.89. The van der Waals surface area contributed by atoms with Crippen LogP contribution in [-0.4, -0.2) is 31.5 Å². The molecule has 2 heterocycles. The lowest BCUT2D eigenvalue weighted by Gasteiger charge is -2.09. The van der Waals surface area contributed by atoms with Crippen LogP contribution < -0.4 is 10.9 Å². The van der Waals surface area contributed by atoms with Crippen molar-refractivity contribution in [1.29, 1.82) is 0 Å². The van der Waals surface area contributed by atoms with E-state index in [1.54, 1.807) is 19.9 Å². The van der Waals surface area contributed by atoms with Gasteiger partial charge in [-0.1, -0.05) is 5.21 Å². The van der Waals surface area contributed by atoms with Gasteiger partial charge in [-0.05, 0) is 26.0 Å². The van der Waals surface area contributed by atoms with E-state index in [9.17, 15) is 9.59 Å². The Labute approximate surface area is 102 Å². The molecule has 0 aromatic carbocycles. The third-order valence-electron chi connectivity index (χ3n) is 2.40. The van der Waals surface area contributed by atoms with Crippen molar-refractivity contribution >= 4 is 5.91 Å². The maximum Gasteiger partial charge on any atom is 0.260 e. The van der Waals surface area contributed by atoms with Gasteiger partial charge in [-0.25, -0.2) is 0 Å². The summed E-state index contributed by atoms with van der Waals surface area (Å²) < 4.78 is 0. The van der Waals surface area contributed by atoms with Crippen molar-refractivity contribution < 1.29 is 4.79 Å². The fourth-order valence-corrected chi connectivity index (χ4v) is 1.44. The van der Waals surface area contributed by atoms with E-state index < -0.39 is 17.5 Å². The monoisotopic (exact) mass is 248 g/mol. The van der Waals surface area contributed by atoms with Crippen molar-refractivity contribution in [1.82, 2.24) is 30.9 Å². The van der Waals surface area contributed by atoms with Gasteiger partial charge >= 0.3 is 0 Å². The standard InChI is InChI=1S/C10H12N6O2/c1-5-3-4-7(9(17)11-5)10(18)12-6(2)8-13-15-16-14-8/h3-4,6H,1-2H3,(H,11,17)(H,12,18)(H,13,14,15,16). The van der Waals surface area contributed by atoms with Gasteiger partial charge in [-0.15, -0.1) is 10.2 Å².